The third-order valence-electron chi connectivity index (χ3n) is 4.37. The van der Waals surface area contributed by atoms with E-state index in [0.29, 0.717) is 16.0 Å². The van der Waals surface area contributed by atoms with Crippen molar-refractivity contribution in [3.8, 4) is 17.5 Å². The van der Waals surface area contributed by atoms with Crippen molar-refractivity contribution in [2.75, 3.05) is 0 Å². The standard InChI is InChI=1S/C18H22ClN5OS/c1-11(2)18(4,10-20)21-16(25)12(3)26-17-23-22-15(24(17)5)13-8-6-7-9-14(13)19/h6-9,11-12H,1-5H3,(H,21,25)/t12-,18-/m0/s1. The van der Waals surface area contributed by atoms with Crippen molar-refractivity contribution in [3.05, 3.63) is 29.3 Å². The summed E-state index contributed by atoms with van der Waals surface area (Å²) in [6, 6.07) is 9.58. The van der Waals surface area contributed by atoms with Crippen molar-refractivity contribution in [2.45, 2.75) is 43.6 Å². The summed E-state index contributed by atoms with van der Waals surface area (Å²) in [4.78, 5) is 12.5. The van der Waals surface area contributed by atoms with Crippen LogP contribution in [0.25, 0.3) is 11.4 Å². The summed E-state index contributed by atoms with van der Waals surface area (Å²) in [5.41, 5.74) is -0.126. The van der Waals surface area contributed by atoms with E-state index in [1.165, 1.54) is 11.8 Å². The zero-order chi connectivity index (χ0) is 19.5. The molecule has 1 aromatic heterocycles. The molecule has 1 aromatic carbocycles. The molecule has 1 amide bonds. The summed E-state index contributed by atoms with van der Waals surface area (Å²) in [6.45, 7) is 7.31. The number of nitrogens with zero attached hydrogens (tertiary/aromatic N) is 4. The van der Waals surface area contributed by atoms with Crippen LogP contribution in [-0.2, 0) is 11.8 Å². The molecule has 0 fully saturated rings. The summed E-state index contributed by atoms with van der Waals surface area (Å²) in [6.07, 6.45) is 0. The molecule has 0 spiro atoms. The monoisotopic (exact) mass is 391 g/mol. The van der Waals surface area contributed by atoms with Crippen molar-refractivity contribution in [1.82, 2.24) is 20.1 Å². The Morgan fingerprint density at radius 3 is 2.58 bits per heavy atom. The van der Waals surface area contributed by atoms with Crippen LogP contribution >= 0.6 is 23.4 Å². The largest absolute Gasteiger partial charge is 0.337 e. The number of hydrogen-bond acceptors (Lipinski definition) is 5. The summed E-state index contributed by atoms with van der Waals surface area (Å²) in [7, 11) is 1.83. The highest BCUT2D eigenvalue weighted by molar-refractivity contribution is 8.00. The second-order valence-corrected chi connectivity index (χ2v) is 8.28. The Balaban J connectivity index is 2.16. The number of aromatic nitrogens is 3. The van der Waals surface area contributed by atoms with Gasteiger partial charge >= 0.3 is 0 Å². The smallest absolute Gasteiger partial charge is 0.234 e. The van der Waals surface area contributed by atoms with Crippen LogP contribution in [0.1, 0.15) is 27.7 Å². The lowest BCUT2D eigenvalue weighted by atomic mass is 9.90. The van der Waals surface area contributed by atoms with E-state index >= 15 is 0 Å². The van der Waals surface area contributed by atoms with Gasteiger partial charge in [-0.3, -0.25) is 4.79 Å². The van der Waals surface area contributed by atoms with Gasteiger partial charge in [0.15, 0.2) is 11.0 Å². The Morgan fingerprint density at radius 1 is 1.35 bits per heavy atom. The van der Waals surface area contributed by atoms with Gasteiger partial charge in [0.05, 0.1) is 16.3 Å². The molecule has 6 nitrogen and oxygen atoms in total. The van der Waals surface area contributed by atoms with Gasteiger partial charge in [0.2, 0.25) is 5.91 Å². The number of benzene rings is 1. The van der Waals surface area contributed by atoms with Crippen molar-refractivity contribution in [2.24, 2.45) is 13.0 Å². The van der Waals surface area contributed by atoms with Crippen LogP contribution in [0.5, 0.6) is 0 Å². The molecule has 26 heavy (non-hydrogen) atoms. The first kappa shape index (κ1) is 20.3. The van der Waals surface area contributed by atoms with Gasteiger partial charge in [-0.05, 0) is 31.9 Å². The van der Waals surface area contributed by atoms with Gasteiger partial charge in [-0.2, -0.15) is 5.26 Å². The van der Waals surface area contributed by atoms with Crippen LogP contribution in [0.4, 0.5) is 0 Å². The lowest BCUT2D eigenvalue weighted by Gasteiger charge is -2.28. The van der Waals surface area contributed by atoms with Gasteiger partial charge < -0.3 is 9.88 Å². The zero-order valence-electron chi connectivity index (χ0n) is 15.4. The molecule has 2 rings (SSSR count). The van der Waals surface area contributed by atoms with Crippen molar-refractivity contribution >= 4 is 29.3 Å². The molecule has 0 aliphatic heterocycles. The van der Waals surface area contributed by atoms with Crippen LogP contribution in [0.2, 0.25) is 5.02 Å². The van der Waals surface area contributed by atoms with Gasteiger partial charge in [-0.15, -0.1) is 10.2 Å². The second kappa shape index (κ2) is 8.11. The summed E-state index contributed by atoms with van der Waals surface area (Å²) in [5.74, 6) is 0.417. The first-order valence-corrected chi connectivity index (χ1v) is 9.49. The molecule has 1 heterocycles. The molecular weight excluding hydrogens is 370 g/mol. The van der Waals surface area contributed by atoms with E-state index in [9.17, 15) is 10.1 Å². The quantitative estimate of drug-likeness (QED) is 0.759. The Bertz CT molecular complexity index is 844. The fourth-order valence-electron chi connectivity index (χ4n) is 2.17. The number of amides is 1. The third kappa shape index (κ3) is 4.19. The van der Waals surface area contributed by atoms with E-state index in [0.717, 1.165) is 5.56 Å². The Morgan fingerprint density at radius 2 is 2.00 bits per heavy atom. The summed E-state index contributed by atoms with van der Waals surface area (Å²) >= 11 is 7.52. The van der Waals surface area contributed by atoms with E-state index in [1.807, 2.05) is 43.7 Å². The lowest BCUT2D eigenvalue weighted by Crippen LogP contribution is -2.51. The average Bonchev–Trinajstić information content (AvgIpc) is 2.95. The van der Waals surface area contributed by atoms with E-state index in [2.05, 4.69) is 21.6 Å². The first-order valence-electron chi connectivity index (χ1n) is 8.23. The molecule has 0 radical (unpaired) electrons. The maximum absolute atomic E-state index is 12.5. The van der Waals surface area contributed by atoms with Crippen LogP contribution in [0.3, 0.4) is 0 Å². The summed E-state index contributed by atoms with van der Waals surface area (Å²) < 4.78 is 1.81. The van der Waals surface area contributed by atoms with Gasteiger partial charge in [0, 0.05) is 12.6 Å². The van der Waals surface area contributed by atoms with Gasteiger partial charge in [-0.25, -0.2) is 0 Å². The van der Waals surface area contributed by atoms with Crippen molar-refractivity contribution < 1.29 is 4.79 Å². The maximum Gasteiger partial charge on any atom is 0.234 e. The summed E-state index contributed by atoms with van der Waals surface area (Å²) in [5, 5.41) is 21.3. The van der Waals surface area contributed by atoms with E-state index in [-0.39, 0.29) is 11.8 Å². The molecule has 8 heteroatoms. The molecular formula is C18H22ClN5OS. The highest BCUT2D eigenvalue weighted by atomic mass is 35.5. The van der Waals surface area contributed by atoms with Gasteiger partial charge in [-0.1, -0.05) is 49.3 Å². The molecule has 0 saturated heterocycles. The fraction of sp³-hybridized carbons (Fsp3) is 0.444. The van der Waals surface area contributed by atoms with Crippen LogP contribution in [0, 0.1) is 17.2 Å². The molecule has 0 aliphatic rings. The molecule has 138 valence electrons. The number of halogens is 1. The zero-order valence-corrected chi connectivity index (χ0v) is 17.0. The molecule has 1 N–H and O–H groups in total. The first-order chi connectivity index (χ1) is 12.2. The normalized spacial score (nSPS) is 14.5. The lowest BCUT2D eigenvalue weighted by molar-refractivity contribution is -0.121. The molecule has 2 aromatic rings. The van der Waals surface area contributed by atoms with Crippen molar-refractivity contribution in [1.29, 1.82) is 5.26 Å². The molecule has 0 unspecified atom stereocenters. The number of carbonyl (C=O) groups excluding carboxylic acids is 1. The number of rotatable bonds is 6. The van der Waals surface area contributed by atoms with E-state index in [4.69, 9.17) is 11.6 Å². The predicted molar refractivity (Wildman–Crippen MR) is 104 cm³/mol. The predicted octanol–water partition coefficient (Wildman–Crippen LogP) is 3.67. The van der Waals surface area contributed by atoms with Gasteiger partial charge in [0.25, 0.3) is 0 Å². The number of nitrogens with one attached hydrogen (secondary N) is 1. The fourth-order valence-corrected chi connectivity index (χ4v) is 3.20. The number of carbonyl (C=O) groups is 1. The topological polar surface area (TPSA) is 83.6 Å². The van der Waals surface area contributed by atoms with Crippen LogP contribution in [0.15, 0.2) is 29.4 Å². The third-order valence-corrected chi connectivity index (χ3v) is 5.83. The highest BCUT2D eigenvalue weighted by Gasteiger charge is 2.32. The number of thioether (sulfide) groups is 1. The van der Waals surface area contributed by atoms with E-state index < -0.39 is 10.8 Å². The highest BCUT2D eigenvalue weighted by Crippen LogP contribution is 2.30. The number of nitriles is 1. The molecule has 0 bridgehead atoms. The second-order valence-electron chi connectivity index (χ2n) is 6.56. The minimum absolute atomic E-state index is 0.00435. The molecule has 0 aliphatic carbocycles. The van der Waals surface area contributed by atoms with Crippen LogP contribution in [-0.4, -0.2) is 31.5 Å². The Hall–Kier alpha value is -2.04. The minimum atomic E-state index is -0.908. The minimum Gasteiger partial charge on any atom is -0.337 e. The molecule has 0 saturated carbocycles. The van der Waals surface area contributed by atoms with Gasteiger partial charge in [0.1, 0.15) is 5.54 Å². The maximum atomic E-state index is 12.5. The molecule has 2 atom stereocenters. The van der Waals surface area contributed by atoms with Crippen LogP contribution < -0.4 is 5.32 Å². The Kier molecular flexibility index (Phi) is 6.32. The van der Waals surface area contributed by atoms with E-state index in [1.54, 1.807) is 19.9 Å². The Labute approximate surface area is 162 Å². The van der Waals surface area contributed by atoms with Crippen molar-refractivity contribution in [3.63, 3.8) is 0 Å². The number of hydrogen-bond donors (Lipinski definition) is 1. The average molecular weight is 392 g/mol. The SMILES string of the molecule is CC(C)[C@](C)(C#N)NC(=O)[C@H](C)Sc1nnc(-c2ccccc2Cl)n1C.